The maximum atomic E-state index is 11.0. The Hall–Kier alpha value is -0.780. The number of sulfone groups is 1. The quantitative estimate of drug-likeness (QED) is 0.733. The van der Waals surface area contributed by atoms with Gasteiger partial charge < -0.3 is 10.0 Å². The predicted octanol–water partition coefficient (Wildman–Crippen LogP) is 0.421. The standard InChI is InChI=1S/C8H15NO4S/c1-14(12,13)6-7-2-4-9(5-3-7)8(10)11/h7H,2-6H2,1H3,(H,10,11). The maximum absolute atomic E-state index is 11.0. The highest BCUT2D eigenvalue weighted by atomic mass is 32.2. The lowest BCUT2D eigenvalue weighted by molar-refractivity contribution is 0.127. The molecule has 0 aromatic carbocycles. The van der Waals surface area contributed by atoms with Crippen LogP contribution in [0.4, 0.5) is 4.79 Å². The maximum Gasteiger partial charge on any atom is 0.407 e. The van der Waals surface area contributed by atoms with Gasteiger partial charge in [0.05, 0.1) is 5.75 Å². The lowest BCUT2D eigenvalue weighted by Gasteiger charge is -2.29. The molecule has 0 unspecified atom stereocenters. The topological polar surface area (TPSA) is 74.7 Å². The predicted molar refractivity (Wildman–Crippen MR) is 52.0 cm³/mol. The van der Waals surface area contributed by atoms with Gasteiger partial charge in [0.25, 0.3) is 0 Å². The molecule has 1 aliphatic rings. The van der Waals surface area contributed by atoms with Crippen LogP contribution in [0.25, 0.3) is 0 Å². The van der Waals surface area contributed by atoms with Gasteiger partial charge in [-0.15, -0.1) is 0 Å². The van der Waals surface area contributed by atoms with Gasteiger partial charge in [0, 0.05) is 19.3 Å². The van der Waals surface area contributed by atoms with E-state index >= 15 is 0 Å². The number of piperidine rings is 1. The molecule has 0 aromatic heterocycles. The Balaban J connectivity index is 2.40. The summed E-state index contributed by atoms with van der Waals surface area (Å²) in [6, 6.07) is 0. The number of hydrogen-bond donors (Lipinski definition) is 1. The van der Waals surface area contributed by atoms with Crippen LogP contribution in [0.2, 0.25) is 0 Å². The number of nitrogens with zero attached hydrogens (tertiary/aromatic N) is 1. The van der Waals surface area contributed by atoms with Crippen LogP contribution < -0.4 is 0 Å². The summed E-state index contributed by atoms with van der Waals surface area (Å²) in [6.45, 7) is 0.908. The minimum atomic E-state index is -2.93. The van der Waals surface area contributed by atoms with Crippen molar-refractivity contribution in [2.75, 3.05) is 25.1 Å². The third-order valence-corrected chi connectivity index (χ3v) is 3.50. The van der Waals surface area contributed by atoms with E-state index in [4.69, 9.17) is 5.11 Å². The van der Waals surface area contributed by atoms with E-state index in [0.717, 1.165) is 0 Å². The van der Waals surface area contributed by atoms with Crippen molar-refractivity contribution in [1.29, 1.82) is 0 Å². The fourth-order valence-electron chi connectivity index (χ4n) is 1.72. The third-order valence-electron chi connectivity index (χ3n) is 2.42. The molecule has 0 bridgehead atoms. The highest BCUT2D eigenvalue weighted by molar-refractivity contribution is 7.90. The first-order valence-electron chi connectivity index (χ1n) is 4.54. The van der Waals surface area contributed by atoms with Crippen molar-refractivity contribution in [2.24, 2.45) is 5.92 Å². The van der Waals surface area contributed by atoms with Crippen LogP contribution >= 0.6 is 0 Å². The molecule has 1 N–H and O–H groups in total. The summed E-state index contributed by atoms with van der Waals surface area (Å²) in [7, 11) is -2.93. The zero-order valence-corrected chi connectivity index (χ0v) is 8.96. The molecule has 0 saturated carbocycles. The van der Waals surface area contributed by atoms with Crippen LogP contribution in [0.5, 0.6) is 0 Å². The zero-order valence-electron chi connectivity index (χ0n) is 8.14. The Morgan fingerprint density at radius 1 is 1.43 bits per heavy atom. The van der Waals surface area contributed by atoms with Gasteiger partial charge in [-0.05, 0) is 18.8 Å². The van der Waals surface area contributed by atoms with E-state index < -0.39 is 15.9 Å². The van der Waals surface area contributed by atoms with Crippen molar-refractivity contribution >= 4 is 15.9 Å². The molecule has 5 nitrogen and oxygen atoms in total. The summed E-state index contributed by atoms with van der Waals surface area (Å²) in [5.74, 6) is 0.307. The normalized spacial score (nSPS) is 19.6. The first-order chi connectivity index (χ1) is 6.38. The molecule has 0 radical (unpaired) electrons. The van der Waals surface area contributed by atoms with Crippen molar-refractivity contribution in [1.82, 2.24) is 4.90 Å². The number of amides is 1. The number of rotatable bonds is 2. The van der Waals surface area contributed by atoms with Gasteiger partial charge in [0.2, 0.25) is 0 Å². The molecule has 1 heterocycles. The van der Waals surface area contributed by atoms with Crippen molar-refractivity contribution in [3.8, 4) is 0 Å². The monoisotopic (exact) mass is 221 g/mol. The second kappa shape index (κ2) is 4.16. The van der Waals surface area contributed by atoms with E-state index in [1.807, 2.05) is 0 Å². The largest absolute Gasteiger partial charge is 0.465 e. The number of carbonyl (C=O) groups is 1. The van der Waals surface area contributed by atoms with E-state index in [1.54, 1.807) is 0 Å². The Bertz CT molecular complexity index is 303. The van der Waals surface area contributed by atoms with Crippen molar-refractivity contribution in [2.45, 2.75) is 12.8 Å². The minimum Gasteiger partial charge on any atom is -0.465 e. The Labute approximate surface area is 83.6 Å². The molecule has 6 heteroatoms. The summed E-state index contributed by atoms with van der Waals surface area (Å²) in [5, 5.41) is 8.66. The Kier molecular flexibility index (Phi) is 3.36. The second-order valence-electron chi connectivity index (χ2n) is 3.81. The van der Waals surface area contributed by atoms with Crippen molar-refractivity contribution < 1.29 is 18.3 Å². The van der Waals surface area contributed by atoms with Crippen LogP contribution in [-0.4, -0.2) is 49.6 Å². The second-order valence-corrected chi connectivity index (χ2v) is 5.99. The lowest BCUT2D eigenvalue weighted by Crippen LogP contribution is -2.38. The number of likely N-dealkylation sites (tertiary alicyclic amines) is 1. The van der Waals surface area contributed by atoms with Crippen LogP contribution in [0.3, 0.4) is 0 Å². The lowest BCUT2D eigenvalue weighted by atomic mass is 9.99. The smallest absolute Gasteiger partial charge is 0.407 e. The van der Waals surface area contributed by atoms with Crippen LogP contribution in [0.1, 0.15) is 12.8 Å². The average Bonchev–Trinajstić information content (AvgIpc) is 2.02. The Morgan fingerprint density at radius 3 is 2.29 bits per heavy atom. The van der Waals surface area contributed by atoms with E-state index in [-0.39, 0.29) is 11.7 Å². The molecule has 1 fully saturated rings. The molecule has 0 spiro atoms. The van der Waals surface area contributed by atoms with Gasteiger partial charge in [0.15, 0.2) is 0 Å². The van der Waals surface area contributed by atoms with Crippen LogP contribution in [-0.2, 0) is 9.84 Å². The van der Waals surface area contributed by atoms with Crippen LogP contribution in [0, 0.1) is 5.92 Å². The molecular formula is C8H15NO4S. The van der Waals surface area contributed by atoms with Crippen molar-refractivity contribution in [3.05, 3.63) is 0 Å². The molecular weight excluding hydrogens is 206 g/mol. The minimum absolute atomic E-state index is 0.126. The van der Waals surface area contributed by atoms with Gasteiger partial charge in [-0.1, -0.05) is 0 Å². The summed E-state index contributed by atoms with van der Waals surface area (Å²) >= 11 is 0. The summed E-state index contributed by atoms with van der Waals surface area (Å²) in [5.41, 5.74) is 0. The summed E-state index contributed by atoms with van der Waals surface area (Å²) in [6.07, 6.45) is 1.61. The Morgan fingerprint density at radius 2 is 1.93 bits per heavy atom. The van der Waals surface area contributed by atoms with Gasteiger partial charge in [-0.3, -0.25) is 0 Å². The summed E-state index contributed by atoms with van der Waals surface area (Å²) in [4.78, 5) is 11.9. The fourth-order valence-corrected chi connectivity index (χ4v) is 2.91. The average molecular weight is 221 g/mol. The first-order valence-corrected chi connectivity index (χ1v) is 6.60. The molecule has 1 aliphatic heterocycles. The molecule has 1 saturated heterocycles. The highest BCUT2D eigenvalue weighted by Crippen LogP contribution is 2.18. The molecule has 1 rings (SSSR count). The number of hydrogen-bond acceptors (Lipinski definition) is 3. The highest BCUT2D eigenvalue weighted by Gasteiger charge is 2.24. The van der Waals surface area contributed by atoms with Gasteiger partial charge >= 0.3 is 6.09 Å². The van der Waals surface area contributed by atoms with Gasteiger partial charge in [-0.25, -0.2) is 13.2 Å². The zero-order chi connectivity index (χ0) is 10.8. The van der Waals surface area contributed by atoms with Crippen LogP contribution in [0.15, 0.2) is 0 Å². The molecule has 0 atom stereocenters. The summed E-state index contributed by atoms with van der Waals surface area (Å²) < 4.78 is 22.0. The van der Waals surface area contributed by atoms with E-state index in [2.05, 4.69) is 0 Å². The van der Waals surface area contributed by atoms with E-state index in [1.165, 1.54) is 11.2 Å². The molecule has 82 valence electrons. The first kappa shape index (κ1) is 11.3. The van der Waals surface area contributed by atoms with E-state index in [0.29, 0.717) is 25.9 Å². The molecule has 0 aliphatic carbocycles. The van der Waals surface area contributed by atoms with Gasteiger partial charge in [0.1, 0.15) is 9.84 Å². The van der Waals surface area contributed by atoms with Gasteiger partial charge in [-0.2, -0.15) is 0 Å². The SMILES string of the molecule is CS(=O)(=O)CC1CCN(C(=O)O)CC1. The van der Waals surface area contributed by atoms with E-state index in [9.17, 15) is 13.2 Å². The van der Waals surface area contributed by atoms with Crippen molar-refractivity contribution in [3.63, 3.8) is 0 Å². The number of carboxylic acid groups (broad SMARTS) is 1. The third kappa shape index (κ3) is 3.53. The molecule has 1 amide bonds. The molecule has 14 heavy (non-hydrogen) atoms. The fraction of sp³-hybridized carbons (Fsp3) is 0.875. The molecule has 0 aromatic rings.